The van der Waals surface area contributed by atoms with E-state index in [9.17, 15) is 0 Å². The maximum atomic E-state index is 5.15. The fraction of sp³-hybridized carbons (Fsp3) is 0. The lowest BCUT2D eigenvalue weighted by atomic mass is 9.98. The van der Waals surface area contributed by atoms with Crippen LogP contribution >= 0.6 is 11.3 Å². The van der Waals surface area contributed by atoms with E-state index in [0.29, 0.717) is 5.82 Å². The predicted molar refractivity (Wildman–Crippen MR) is 254 cm³/mol. The molecule has 9 aromatic carbocycles. The van der Waals surface area contributed by atoms with Crippen LogP contribution in [0.2, 0.25) is 0 Å². The number of hydrogen-bond donors (Lipinski definition) is 0. The lowest BCUT2D eigenvalue weighted by molar-refractivity contribution is 1.18. The van der Waals surface area contributed by atoms with Gasteiger partial charge in [0.25, 0.3) is 0 Å². The molecule has 4 heteroatoms. The summed E-state index contributed by atoms with van der Waals surface area (Å²) in [5.41, 5.74) is 14.5. The van der Waals surface area contributed by atoms with Crippen molar-refractivity contribution >= 4 is 64.2 Å². The number of fused-ring (bicyclic) bond motifs is 7. The van der Waals surface area contributed by atoms with E-state index in [1.165, 1.54) is 64.2 Å². The van der Waals surface area contributed by atoms with Crippen molar-refractivity contribution in [3.05, 3.63) is 212 Å². The highest BCUT2D eigenvalue weighted by atomic mass is 32.1. The smallest absolute Gasteiger partial charge is 0.160 e. The van der Waals surface area contributed by atoms with Gasteiger partial charge in [-0.15, -0.1) is 11.3 Å². The van der Waals surface area contributed by atoms with Gasteiger partial charge in [0.1, 0.15) is 0 Å². The van der Waals surface area contributed by atoms with E-state index in [4.69, 9.17) is 9.97 Å². The Morgan fingerprint density at radius 3 is 1.72 bits per heavy atom. The Morgan fingerprint density at radius 1 is 0.317 bits per heavy atom. The van der Waals surface area contributed by atoms with E-state index in [0.717, 1.165) is 44.5 Å². The molecule has 0 unspecified atom stereocenters. The first-order valence-corrected chi connectivity index (χ1v) is 21.1. The van der Waals surface area contributed by atoms with Crippen molar-refractivity contribution in [3.63, 3.8) is 0 Å². The summed E-state index contributed by atoms with van der Waals surface area (Å²) in [5.74, 6) is 0.715. The number of thiophene rings is 1. The summed E-state index contributed by atoms with van der Waals surface area (Å²) in [6.45, 7) is 0. The molecule has 0 amide bonds. The van der Waals surface area contributed by atoms with Crippen molar-refractivity contribution in [2.45, 2.75) is 0 Å². The van der Waals surface area contributed by atoms with Crippen LogP contribution in [0.4, 0.5) is 0 Å². The molecule has 0 fully saturated rings. The van der Waals surface area contributed by atoms with Crippen LogP contribution in [0.25, 0.3) is 115 Å². The zero-order valence-corrected chi connectivity index (χ0v) is 33.3. The van der Waals surface area contributed by atoms with Crippen molar-refractivity contribution in [1.29, 1.82) is 0 Å². The Labute approximate surface area is 351 Å². The second-order valence-corrected chi connectivity index (χ2v) is 16.5. The minimum atomic E-state index is 0.715. The minimum absolute atomic E-state index is 0.715. The number of hydrogen-bond acceptors (Lipinski definition) is 3. The van der Waals surface area contributed by atoms with E-state index < -0.39 is 0 Å². The molecule has 0 aliphatic rings. The molecule has 0 aliphatic heterocycles. The SMILES string of the molecule is c1ccc(-c2nc(-c3cccc(-c4cccc(-n5c6ccccc6c6cc(-c7ccc(-c8ccc9sc%10ccccc%10c9c8)cc7)ccc65)c4)c3)nc3ccccc23)cc1. The van der Waals surface area contributed by atoms with E-state index in [2.05, 4.69) is 205 Å². The third kappa shape index (κ3) is 5.80. The highest BCUT2D eigenvalue weighted by Gasteiger charge is 2.16. The molecule has 0 radical (unpaired) electrons. The first kappa shape index (κ1) is 34.4. The third-order valence-corrected chi connectivity index (χ3v) is 13.0. The zero-order chi connectivity index (χ0) is 39.6. The molecule has 3 heterocycles. The van der Waals surface area contributed by atoms with E-state index >= 15 is 0 Å². The number of rotatable bonds is 6. The van der Waals surface area contributed by atoms with Crippen LogP contribution in [0.3, 0.4) is 0 Å². The summed E-state index contributed by atoms with van der Waals surface area (Å²) in [4.78, 5) is 10.2. The Kier molecular flexibility index (Phi) is 8.03. The molecule has 12 aromatic rings. The molecule has 12 rings (SSSR count). The van der Waals surface area contributed by atoms with E-state index in [-0.39, 0.29) is 0 Å². The van der Waals surface area contributed by atoms with Gasteiger partial charge < -0.3 is 4.57 Å². The number of benzene rings is 9. The van der Waals surface area contributed by atoms with Gasteiger partial charge in [0, 0.05) is 53.1 Å². The maximum Gasteiger partial charge on any atom is 0.160 e. The summed E-state index contributed by atoms with van der Waals surface area (Å²) in [6, 6.07) is 76.3. The largest absolute Gasteiger partial charge is 0.309 e. The average molecular weight is 782 g/mol. The molecule has 0 bridgehead atoms. The lowest BCUT2D eigenvalue weighted by Crippen LogP contribution is -1.96. The number of para-hydroxylation sites is 2. The van der Waals surface area contributed by atoms with Crippen molar-refractivity contribution in [2.24, 2.45) is 0 Å². The molecule has 3 aromatic heterocycles. The van der Waals surface area contributed by atoms with Gasteiger partial charge in [0.05, 0.1) is 22.2 Å². The van der Waals surface area contributed by atoms with Gasteiger partial charge in [-0.25, -0.2) is 9.97 Å². The van der Waals surface area contributed by atoms with E-state index in [1.807, 2.05) is 23.5 Å². The molecule has 280 valence electrons. The topological polar surface area (TPSA) is 30.7 Å². The Hall–Kier alpha value is -7.66. The van der Waals surface area contributed by atoms with Crippen molar-refractivity contribution < 1.29 is 0 Å². The monoisotopic (exact) mass is 781 g/mol. The minimum Gasteiger partial charge on any atom is -0.309 e. The summed E-state index contributed by atoms with van der Waals surface area (Å²) < 4.78 is 5.06. The lowest BCUT2D eigenvalue weighted by Gasteiger charge is -2.12. The van der Waals surface area contributed by atoms with Crippen LogP contribution in [0.15, 0.2) is 212 Å². The standard InChI is InChI=1S/C56H35N3S/c1-2-12-38(13-3-1)55-47-20-4-7-21-50(47)57-56(58-55)43-16-10-14-39(32-43)40-15-11-17-44(33-40)59-51-22-8-5-18-45(51)48-34-41(28-30-52(48)59)36-24-26-37(27-25-36)42-29-31-54-49(35-42)46-19-6-9-23-53(46)60-54/h1-35H. The van der Waals surface area contributed by atoms with Gasteiger partial charge >= 0.3 is 0 Å². The number of aromatic nitrogens is 3. The zero-order valence-electron chi connectivity index (χ0n) is 32.5. The highest BCUT2D eigenvalue weighted by molar-refractivity contribution is 7.25. The molecule has 3 nitrogen and oxygen atoms in total. The quantitative estimate of drug-likeness (QED) is 0.168. The number of nitrogens with zero attached hydrogens (tertiary/aromatic N) is 3. The Balaban J connectivity index is 0.900. The van der Waals surface area contributed by atoms with Gasteiger partial charge in [0.2, 0.25) is 0 Å². The highest BCUT2D eigenvalue weighted by Crippen LogP contribution is 2.39. The van der Waals surface area contributed by atoms with Crippen LogP contribution in [0, 0.1) is 0 Å². The molecule has 0 aliphatic carbocycles. The van der Waals surface area contributed by atoms with Crippen molar-refractivity contribution in [2.75, 3.05) is 0 Å². The van der Waals surface area contributed by atoms with E-state index in [1.54, 1.807) is 0 Å². The van der Waals surface area contributed by atoms with Gasteiger partial charge in [-0.1, -0.05) is 152 Å². The molecule has 0 N–H and O–H groups in total. The van der Waals surface area contributed by atoms with Crippen LogP contribution < -0.4 is 0 Å². The van der Waals surface area contributed by atoms with Gasteiger partial charge in [-0.2, -0.15) is 0 Å². The van der Waals surface area contributed by atoms with Crippen LogP contribution in [0.5, 0.6) is 0 Å². The van der Waals surface area contributed by atoms with Crippen LogP contribution in [-0.2, 0) is 0 Å². The summed E-state index contributed by atoms with van der Waals surface area (Å²) in [7, 11) is 0. The fourth-order valence-corrected chi connectivity index (χ4v) is 9.96. The first-order chi connectivity index (χ1) is 29.7. The predicted octanol–water partition coefficient (Wildman–Crippen LogP) is 15.4. The van der Waals surface area contributed by atoms with Gasteiger partial charge in [-0.05, 0) is 94.0 Å². The fourth-order valence-electron chi connectivity index (χ4n) is 8.88. The maximum absolute atomic E-state index is 5.15. The third-order valence-electron chi connectivity index (χ3n) is 11.8. The molecular formula is C56H35N3S. The second kappa shape index (κ2) is 14.0. The Bertz CT molecular complexity index is 3600. The van der Waals surface area contributed by atoms with Crippen molar-refractivity contribution in [3.8, 4) is 61.7 Å². The Morgan fingerprint density at radius 2 is 0.883 bits per heavy atom. The van der Waals surface area contributed by atoms with Gasteiger partial charge in [-0.3, -0.25) is 0 Å². The normalized spacial score (nSPS) is 11.7. The molecule has 0 spiro atoms. The molecule has 0 saturated carbocycles. The molecule has 0 atom stereocenters. The van der Waals surface area contributed by atoms with Crippen LogP contribution in [-0.4, -0.2) is 14.5 Å². The van der Waals surface area contributed by atoms with Crippen molar-refractivity contribution in [1.82, 2.24) is 14.5 Å². The molecule has 0 saturated heterocycles. The second-order valence-electron chi connectivity index (χ2n) is 15.4. The first-order valence-electron chi connectivity index (χ1n) is 20.3. The average Bonchev–Trinajstić information content (AvgIpc) is 3.87. The molecule has 60 heavy (non-hydrogen) atoms. The summed E-state index contributed by atoms with van der Waals surface area (Å²) >= 11 is 1.86. The van der Waals surface area contributed by atoms with Crippen LogP contribution in [0.1, 0.15) is 0 Å². The van der Waals surface area contributed by atoms with Gasteiger partial charge in [0.15, 0.2) is 5.82 Å². The summed E-state index contributed by atoms with van der Waals surface area (Å²) in [6.07, 6.45) is 0. The summed E-state index contributed by atoms with van der Waals surface area (Å²) in [5, 5.41) is 6.17. The molecular weight excluding hydrogens is 747 g/mol.